The highest BCUT2D eigenvalue weighted by Gasteiger charge is 2.64. The van der Waals surface area contributed by atoms with Gasteiger partial charge in [0.15, 0.2) is 17.3 Å². The number of primary amides is 1. The summed E-state index contributed by atoms with van der Waals surface area (Å²) in [6, 6.07) is 6.18. The molecular weight excluding hydrogens is 517 g/mol. The largest absolute Gasteiger partial charge is 0.507 e. The standard InChI is InChI=1S/C28H27F3N2O6/c1-33(2)22-18-10-13-9-16-15(12-3-5-14(6-4-12)28(29,30)31)7-8-19(34)21(16)24(36)20(13)25(37)27(18,39)11-17(23(22)35)26(32)38/h3-8,13,17-18,20,22,34,39H,9-11H2,1-2H3,(H2,32,38). The molecule has 8 nitrogen and oxygen atoms in total. The predicted molar refractivity (Wildman–Crippen MR) is 131 cm³/mol. The molecule has 0 radical (unpaired) electrons. The van der Waals surface area contributed by atoms with Crippen molar-refractivity contribution in [3.05, 3.63) is 53.1 Å². The number of rotatable bonds is 3. The van der Waals surface area contributed by atoms with Gasteiger partial charge < -0.3 is 15.9 Å². The van der Waals surface area contributed by atoms with Gasteiger partial charge in [0.25, 0.3) is 0 Å². The van der Waals surface area contributed by atoms with Gasteiger partial charge in [-0.3, -0.25) is 24.1 Å². The maximum atomic E-state index is 13.8. The van der Waals surface area contributed by atoms with Crippen molar-refractivity contribution in [2.75, 3.05) is 14.1 Å². The molecule has 0 bridgehead atoms. The molecule has 0 spiro atoms. The Morgan fingerprint density at radius 1 is 1.08 bits per heavy atom. The van der Waals surface area contributed by atoms with Gasteiger partial charge in [-0.1, -0.05) is 18.2 Å². The summed E-state index contributed by atoms with van der Waals surface area (Å²) in [7, 11) is 3.18. The average molecular weight is 545 g/mol. The number of nitrogens with zero attached hydrogens (tertiary/aromatic N) is 1. The van der Waals surface area contributed by atoms with Crippen LogP contribution in [0.5, 0.6) is 5.75 Å². The lowest BCUT2D eigenvalue weighted by atomic mass is 9.52. The van der Waals surface area contributed by atoms with Gasteiger partial charge in [-0.2, -0.15) is 13.2 Å². The van der Waals surface area contributed by atoms with E-state index in [9.17, 15) is 42.6 Å². The van der Waals surface area contributed by atoms with Crippen LogP contribution in [-0.2, 0) is 27.0 Å². The minimum absolute atomic E-state index is 0.0975. The van der Waals surface area contributed by atoms with Crippen LogP contribution < -0.4 is 5.73 Å². The van der Waals surface area contributed by atoms with Crippen molar-refractivity contribution in [1.29, 1.82) is 0 Å². The summed E-state index contributed by atoms with van der Waals surface area (Å²) in [5.41, 5.74) is 3.54. The molecule has 0 saturated heterocycles. The Hall–Kier alpha value is -3.57. The molecule has 4 N–H and O–H groups in total. The Kier molecular flexibility index (Phi) is 6.23. The number of fused-ring (bicyclic) bond motifs is 3. The second-order valence-electron chi connectivity index (χ2n) is 11.0. The Labute approximate surface area is 221 Å². The topological polar surface area (TPSA) is 138 Å². The Morgan fingerprint density at radius 3 is 2.28 bits per heavy atom. The molecule has 206 valence electrons. The van der Waals surface area contributed by atoms with Crippen LogP contribution >= 0.6 is 0 Å². The maximum Gasteiger partial charge on any atom is 0.416 e. The van der Waals surface area contributed by atoms with Gasteiger partial charge in [-0.15, -0.1) is 0 Å². The molecule has 0 aliphatic heterocycles. The first-order valence-electron chi connectivity index (χ1n) is 12.5. The van der Waals surface area contributed by atoms with E-state index in [0.717, 1.165) is 12.1 Å². The third-order valence-corrected chi connectivity index (χ3v) is 8.59. The average Bonchev–Trinajstić information content (AvgIpc) is 2.84. The second kappa shape index (κ2) is 8.99. The lowest BCUT2D eigenvalue weighted by molar-refractivity contribution is -0.176. The molecule has 6 atom stereocenters. The number of alkyl halides is 3. The van der Waals surface area contributed by atoms with Crippen LogP contribution in [0.1, 0.15) is 34.3 Å². The minimum Gasteiger partial charge on any atom is -0.507 e. The first-order valence-corrected chi connectivity index (χ1v) is 12.5. The number of aromatic hydroxyl groups is 1. The number of hydrogen-bond donors (Lipinski definition) is 3. The van der Waals surface area contributed by atoms with Gasteiger partial charge in [-0.05, 0) is 67.7 Å². The molecule has 11 heteroatoms. The fourth-order valence-electron chi connectivity index (χ4n) is 6.82. The second-order valence-corrected chi connectivity index (χ2v) is 11.0. The Morgan fingerprint density at radius 2 is 1.72 bits per heavy atom. The molecule has 5 rings (SSSR count). The molecule has 39 heavy (non-hydrogen) atoms. The number of likely N-dealkylation sites (N-methyl/N-ethyl adjacent to an activating group) is 1. The molecule has 6 unspecified atom stereocenters. The fraction of sp³-hybridized carbons (Fsp3) is 0.429. The van der Waals surface area contributed by atoms with Gasteiger partial charge in [0.2, 0.25) is 5.91 Å². The van der Waals surface area contributed by atoms with E-state index in [-0.39, 0.29) is 24.2 Å². The van der Waals surface area contributed by atoms with Gasteiger partial charge in [0, 0.05) is 12.3 Å². The van der Waals surface area contributed by atoms with Crippen LogP contribution in [-0.4, -0.2) is 64.1 Å². The van der Waals surface area contributed by atoms with E-state index in [1.807, 2.05) is 0 Å². The highest BCUT2D eigenvalue weighted by molar-refractivity contribution is 6.18. The van der Waals surface area contributed by atoms with Gasteiger partial charge >= 0.3 is 6.18 Å². The van der Waals surface area contributed by atoms with Crippen molar-refractivity contribution < 1.29 is 42.6 Å². The molecule has 2 aromatic rings. The molecule has 1 amide bonds. The van der Waals surface area contributed by atoms with E-state index in [4.69, 9.17) is 5.73 Å². The minimum atomic E-state index is -4.52. The van der Waals surface area contributed by atoms with Crippen molar-refractivity contribution in [3.63, 3.8) is 0 Å². The van der Waals surface area contributed by atoms with Crippen molar-refractivity contribution in [3.8, 4) is 16.9 Å². The van der Waals surface area contributed by atoms with Crippen LogP contribution in [0.25, 0.3) is 11.1 Å². The van der Waals surface area contributed by atoms with E-state index in [1.165, 1.54) is 29.2 Å². The fourth-order valence-corrected chi connectivity index (χ4v) is 6.82. The zero-order valence-corrected chi connectivity index (χ0v) is 21.2. The van der Waals surface area contributed by atoms with Crippen molar-refractivity contribution in [2.24, 2.45) is 29.4 Å². The van der Waals surface area contributed by atoms with Gasteiger partial charge in [-0.25, -0.2) is 0 Å². The van der Waals surface area contributed by atoms with E-state index in [0.29, 0.717) is 16.7 Å². The van der Waals surface area contributed by atoms with E-state index >= 15 is 0 Å². The molecule has 2 fully saturated rings. The lowest BCUT2D eigenvalue weighted by Crippen LogP contribution is -2.69. The number of halogens is 3. The summed E-state index contributed by atoms with van der Waals surface area (Å²) < 4.78 is 39.3. The molecule has 0 heterocycles. The first kappa shape index (κ1) is 27.0. The Balaban J connectivity index is 1.60. The summed E-state index contributed by atoms with van der Waals surface area (Å²) >= 11 is 0. The highest BCUT2D eigenvalue weighted by Crippen LogP contribution is 2.52. The van der Waals surface area contributed by atoms with Crippen molar-refractivity contribution >= 4 is 23.3 Å². The quantitative estimate of drug-likeness (QED) is 0.505. The van der Waals surface area contributed by atoms with E-state index in [2.05, 4.69) is 0 Å². The summed E-state index contributed by atoms with van der Waals surface area (Å²) in [5, 5.41) is 22.3. The molecule has 0 aromatic heterocycles. The number of Topliss-reactive ketones (excluding diaryl/α,β-unsaturated/α-hetero) is 3. The highest BCUT2D eigenvalue weighted by atomic mass is 19.4. The number of ketones is 3. The van der Waals surface area contributed by atoms with E-state index in [1.54, 1.807) is 14.1 Å². The zero-order chi connectivity index (χ0) is 28.6. The molecule has 2 saturated carbocycles. The number of aliphatic hydroxyl groups is 1. The number of carbonyl (C=O) groups is 4. The third-order valence-electron chi connectivity index (χ3n) is 8.59. The van der Waals surface area contributed by atoms with Crippen LogP contribution in [0, 0.1) is 23.7 Å². The number of phenols is 1. The molecule has 3 aliphatic carbocycles. The number of amides is 1. The van der Waals surface area contributed by atoms with Crippen LogP contribution in [0.4, 0.5) is 13.2 Å². The van der Waals surface area contributed by atoms with Gasteiger partial charge in [0.1, 0.15) is 17.3 Å². The summed E-state index contributed by atoms with van der Waals surface area (Å²) in [6.45, 7) is 0. The number of hydrogen-bond acceptors (Lipinski definition) is 7. The zero-order valence-electron chi connectivity index (χ0n) is 21.2. The van der Waals surface area contributed by atoms with Crippen LogP contribution in [0.3, 0.4) is 0 Å². The first-order chi connectivity index (χ1) is 18.2. The number of benzene rings is 2. The summed E-state index contributed by atoms with van der Waals surface area (Å²) in [5.74, 6) is -7.65. The smallest absolute Gasteiger partial charge is 0.416 e. The van der Waals surface area contributed by atoms with Crippen molar-refractivity contribution in [1.82, 2.24) is 4.90 Å². The van der Waals surface area contributed by atoms with Gasteiger partial charge in [0.05, 0.1) is 23.1 Å². The monoisotopic (exact) mass is 544 g/mol. The number of carbonyl (C=O) groups excluding carboxylic acids is 4. The third kappa shape index (κ3) is 4.06. The molecule has 2 aromatic carbocycles. The lowest BCUT2D eigenvalue weighted by Gasteiger charge is -2.53. The Bertz CT molecular complexity index is 1400. The normalized spacial score (nSPS) is 30.5. The van der Waals surface area contributed by atoms with E-state index < -0.39 is 76.7 Å². The van der Waals surface area contributed by atoms with Crippen molar-refractivity contribution in [2.45, 2.75) is 37.1 Å². The molecular formula is C28H27F3N2O6. The number of nitrogens with two attached hydrogens (primary N) is 1. The van der Waals surface area contributed by atoms with Crippen LogP contribution in [0.15, 0.2) is 36.4 Å². The number of phenolic OH excluding ortho intramolecular Hbond substituents is 1. The summed E-state index contributed by atoms with van der Waals surface area (Å²) in [6.07, 6.45) is -4.83. The summed E-state index contributed by atoms with van der Waals surface area (Å²) in [4.78, 5) is 54.3. The SMILES string of the molecule is CN(C)C1C(=O)C(C(N)=O)CC2(O)C(=O)C3C(=O)c4c(O)ccc(-c5ccc(C(F)(F)F)cc5)c4CC3CC12. The molecule has 3 aliphatic rings. The predicted octanol–water partition coefficient (Wildman–Crippen LogP) is 2.37. The van der Waals surface area contributed by atoms with Crippen LogP contribution in [0.2, 0.25) is 0 Å². The maximum absolute atomic E-state index is 13.8.